The Labute approximate surface area is 145 Å². The highest BCUT2D eigenvalue weighted by Crippen LogP contribution is 2.33. The van der Waals surface area contributed by atoms with Gasteiger partial charge in [-0.1, -0.05) is 13.0 Å². The number of amides is 2. The molecule has 0 bridgehead atoms. The van der Waals surface area contributed by atoms with Gasteiger partial charge in [-0.25, -0.2) is 0 Å². The molecule has 1 aromatic heterocycles. The number of rotatable bonds is 4. The summed E-state index contributed by atoms with van der Waals surface area (Å²) in [4.78, 5) is 24.9. The number of ether oxygens (including phenoxy) is 1. The van der Waals surface area contributed by atoms with Crippen LogP contribution in [0.3, 0.4) is 0 Å². The number of nitrogens with one attached hydrogen (secondary N) is 2. The third kappa shape index (κ3) is 3.14. The van der Waals surface area contributed by atoms with Gasteiger partial charge in [0.05, 0.1) is 16.6 Å². The molecule has 0 unspecified atom stereocenters. The maximum atomic E-state index is 12.4. The smallest absolute Gasteiger partial charge is 0.265 e. The van der Waals surface area contributed by atoms with Crippen molar-refractivity contribution in [3.8, 4) is 5.75 Å². The molecule has 0 saturated carbocycles. The Morgan fingerprint density at radius 3 is 2.88 bits per heavy atom. The molecule has 2 aromatic rings. The molecule has 2 heterocycles. The number of carbonyl (C=O) groups excluding carboxylic acids is 2. The Morgan fingerprint density at radius 2 is 2.21 bits per heavy atom. The highest BCUT2D eigenvalue weighted by molar-refractivity contribution is 7.12. The van der Waals surface area contributed by atoms with Crippen molar-refractivity contribution in [2.75, 3.05) is 5.32 Å². The largest absolute Gasteiger partial charge is 0.478 e. The van der Waals surface area contributed by atoms with Crippen LogP contribution in [0.2, 0.25) is 0 Å². The lowest BCUT2D eigenvalue weighted by Gasteiger charge is -2.26. The van der Waals surface area contributed by atoms with Crippen LogP contribution in [0.4, 0.5) is 5.69 Å². The minimum Gasteiger partial charge on any atom is -0.478 e. The summed E-state index contributed by atoms with van der Waals surface area (Å²) in [7, 11) is 0. The molecule has 24 heavy (non-hydrogen) atoms. The Morgan fingerprint density at radius 1 is 1.42 bits per heavy atom. The number of thiophene rings is 1. The fourth-order valence-electron chi connectivity index (χ4n) is 2.65. The van der Waals surface area contributed by atoms with Gasteiger partial charge in [-0.2, -0.15) is 0 Å². The summed E-state index contributed by atoms with van der Waals surface area (Å²) < 4.78 is 5.76. The predicted molar refractivity (Wildman–Crippen MR) is 94.7 cm³/mol. The van der Waals surface area contributed by atoms with Crippen molar-refractivity contribution in [3.05, 3.63) is 45.6 Å². The maximum Gasteiger partial charge on any atom is 0.265 e. The molecule has 6 heteroatoms. The average molecular weight is 344 g/mol. The van der Waals surface area contributed by atoms with Crippen LogP contribution in [-0.4, -0.2) is 17.9 Å². The first-order chi connectivity index (χ1) is 11.5. The molecule has 0 spiro atoms. The molecule has 5 nitrogen and oxygen atoms in total. The Hall–Kier alpha value is -2.34. The van der Waals surface area contributed by atoms with Crippen LogP contribution in [0.5, 0.6) is 5.75 Å². The van der Waals surface area contributed by atoms with Gasteiger partial charge in [0.15, 0.2) is 6.10 Å². The van der Waals surface area contributed by atoms with Crippen LogP contribution in [-0.2, 0) is 4.79 Å². The van der Waals surface area contributed by atoms with E-state index in [1.54, 1.807) is 0 Å². The Bertz CT molecular complexity index is 784. The second kappa shape index (κ2) is 6.65. The molecule has 0 fully saturated rings. The quantitative estimate of drug-likeness (QED) is 0.889. The second-order valence-electron chi connectivity index (χ2n) is 5.89. The van der Waals surface area contributed by atoms with Crippen LogP contribution in [0.1, 0.15) is 47.1 Å². The van der Waals surface area contributed by atoms with Gasteiger partial charge >= 0.3 is 0 Å². The highest BCUT2D eigenvalue weighted by atomic mass is 32.1. The van der Waals surface area contributed by atoms with Gasteiger partial charge in [0.1, 0.15) is 5.75 Å². The van der Waals surface area contributed by atoms with Crippen molar-refractivity contribution >= 4 is 28.8 Å². The number of benzene rings is 1. The molecule has 2 N–H and O–H groups in total. The van der Waals surface area contributed by atoms with Gasteiger partial charge in [0.25, 0.3) is 11.8 Å². The third-order valence-corrected chi connectivity index (χ3v) is 5.13. The zero-order chi connectivity index (χ0) is 17.3. The maximum absolute atomic E-state index is 12.4. The number of aryl methyl sites for hydroxylation is 1. The monoisotopic (exact) mass is 344 g/mol. The van der Waals surface area contributed by atoms with Crippen LogP contribution < -0.4 is 15.4 Å². The number of carbonyl (C=O) groups is 2. The molecule has 2 amide bonds. The highest BCUT2D eigenvalue weighted by Gasteiger charge is 2.26. The topological polar surface area (TPSA) is 67.4 Å². The van der Waals surface area contributed by atoms with E-state index in [0.717, 1.165) is 16.0 Å². The van der Waals surface area contributed by atoms with Crippen molar-refractivity contribution < 1.29 is 14.3 Å². The summed E-state index contributed by atoms with van der Waals surface area (Å²) in [5.41, 5.74) is 2.58. The number of anilines is 1. The van der Waals surface area contributed by atoms with Crippen molar-refractivity contribution in [2.45, 2.75) is 39.3 Å². The molecule has 3 rings (SSSR count). The summed E-state index contributed by atoms with van der Waals surface area (Å²) >= 11 is 1.44. The number of fused-ring (bicyclic) bond motifs is 1. The van der Waals surface area contributed by atoms with Gasteiger partial charge in [0.2, 0.25) is 0 Å². The lowest BCUT2D eigenvalue weighted by Crippen LogP contribution is -2.36. The summed E-state index contributed by atoms with van der Waals surface area (Å²) in [6, 6.07) is 7.36. The number of hydrogen-bond acceptors (Lipinski definition) is 4. The summed E-state index contributed by atoms with van der Waals surface area (Å²) in [6.07, 6.45) is 0.144. The van der Waals surface area contributed by atoms with E-state index in [1.165, 1.54) is 11.3 Å². The van der Waals surface area contributed by atoms with Crippen molar-refractivity contribution in [1.82, 2.24) is 5.32 Å². The van der Waals surface area contributed by atoms with Gasteiger partial charge in [-0.05, 0) is 55.0 Å². The fourth-order valence-corrected chi connectivity index (χ4v) is 3.48. The van der Waals surface area contributed by atoms with E-state index in [-0.39, 0.29) is 17.9 Å². The van der Waals surface area contributed by atoms with E-state index in [2.05, 4.69) is 10.6 Å². The van der Waals surface area contributed by atoms with E-state index in [0.29, 0.717) is 17.9 Å². The summed E-state index contributed by atoms with van der Waals surface area (Å²) in [5.74, 6) is 0.452. The SMILES string of the molecule is CC[C@@H]1Oc2cc([C@H](C)NC(=O)c3sccc3C)ccc2NC1=O. The molecule has 126 valence electrons. The van der Waals surface area contributed by atoms with Crippen LogP contribution in [0.15, 0.2) is 29.6 Å². The van der Waals surface area contributed by atoms with E-state index < -0.39 is 6.10 Å². The van der Waals surface area contributed by atoms with E-state index in [4.69, 9.17) is 4.74 Å². The molecule has 0 radical (unpaired) electrons. The summed E-state index contributed by atoms with van der Waals surface area (Å²) in [5, 5.41) is 7.77. The Balaban J connectivity index is 1.77. The zero-order valence-electron chi connectivity index (χ0n) is 13.9. The zero-order valence-corrected chi connectivity index (χ0v) is 14.7. The minimum atomic E-state index is -0.466. The molecule has 2 atom stereocenters. The molecular formula is C18H20N2O3S. The van der Waals surface area contributed by atoms with Gasteiger partial charge in [-0.3, -0.25) is 9.59 Å². The fraction of sp³-hybridized carbons (Fsp3) is 0.333. The standard InChI is InChI=1S/C18H20N2O3S/c1-4-14-17(21)20-13-6-5-12(9-15(13)23-14)11(3)19-18(22)16-10(2)7-8-24-16/h5-9,11,14H,4H2,1-3H3,(H,19,22)(H,20,21)/t11-,14-/m0/s1. The molecule has 1 aliphatic rings. The minimum absolute atomic E-state index is 0.0756. The van der Waals surface area contributed by atoms with E-state index in [1.807, 2.05) is 50.4 Å². The first kappa shape index (κ1) is 16.5. The van der Waals surface area contributed by atoms with Crippen molar-refractivity contribution in [3.63, 3.8) is 0 Å². The molecule has 0 saturated heterocycles. The lowest BCUT2D eigenvalue weighted by atomic mass is 10.1. The normalized spacial score (nSPS) is 17.5. The third-order valence-electron chi connectivity index (χ3n) is 4.11. The van der Waals surface area contributed by atoms with Crippen LogP contribution in [0.25, 0.3) is 0 Å². The second-order valence-corrected chi connectivity index (χ2v) is 6.80. The lowest BCUT2D eigenvalue weighted by molar-refractivity contribution is -0.123. The molecule has 1 aromatic carbocycles. The van der Waals surface area contributed by atoms with Crippen molar-refractivity contribution in [2.24, 2.45) is 0 Å². The molecular weight excluding hydrogens is 324 g/mol. The van der Waals surface area contributed by atoms with E-state index >= 15 is 0 Å². The van der Waals surface area contributed by atoms with Crippen LogP contribution >= 0.6 is 11.3 Å². The van der Waals surface area contributed by atoms with Crippen molar-refractivity contribution in [1.29, 1.82) is 0 Å². The first-order valence-electron chi connectivity index (χ1n) is 7.96. The molecule has 0 aliphatic carbocycles. The molecule has 1 aliphatic heterocycles. The first-order valence-corrected chi connectivity index (χ1v) is 8.84. The van der Waals surface area contributed by atoms with Gasteiger partial charge < -0.3 is 15.4 Å². The Kier molecular flexibility index (Phi) is 4.57. The average Bonchev–Trinajstić information content (AvgIpc) is 2.99. The van der Waals surface area contributed by atoms with Gasteiger partial charge in [-0.15, -0.1) is 11.3 Å². The summed E-state index contributed by atoms with van der Waals surface area (Å²) in [6.45, 7) is 5.77. The van der Waals surface area contributed by atoms with Crippen LogP contribution in [0, 0.1) is 6.92 Å². The van der Waals surface area contributed by atoms with E-state index in [9.17, 15) is 9.59 Å². The van der Waals surface area contributed by atoms with Gasteiger partial charge in [0, 0.05) is 0 Å². The predicted octanol–water partition coefficient (Wildman–Crippen LogP) is 3.66. The number of hydrogen-bond donors (Lipinski definition) is 2.